The first kappa shape index (κ1) is 20.4. The van der Waals surface area contributed by atoms with Gasteiger partial charge in [-0.1, -0.05) is 25.1 Å². The Labute approximate surface area is 155 Å². The van der Waals surface area contributed by atoms with Crippen molar-refractivity contribution in [1.82, 2.24) is 4.72 Å². The number of nitrogens with one attached hydrogen (secondary N) is 2. The van der Waals surface area contributed by atoms with Crippen molar-refractivity contribution >= 4 is 25.7 Å². The van der Waals surface area contributed by atoms with E-state index < -0.39 is 25.6 Å². The first-order valence-electron chi connectivity index (χ1n) is 8.19. The highest BCUT2D eigenvalue weighted by Crippen LogP contribution is 2.21. The standard InChI is InChI=1S/C18H24N2O4S2/c1-5-14-9-11-16(12-10-14)25(21,22)19-15-7-6-8-17(13-15)26(23,24)20-18(2,3)4/h6-13,19-20H,5H2,1-4H3. The summed E-state index contributed by atoms with van der Waals surface area (Å²) in [7, 11) is -7.56. The molecule has 2 rings (SSSR count). The molecule has 0 fully saturated rings. The number of benzene rings is 2. The molecule has 0 saturated heterocycles. The fourth-order valence-corrected chi connectivity index (χ4v) is 4.82. The van der Waals surface area contributed by atoms with E-state index in [2.05, 4.69) is 9.44 Å². The monoisotopic (exact) mass is 396 g/mol. The van der Waals surface area contributed by atoms with Crippen molar-refractivity contribution in [3.63, 3.8) is 0 Å². The van der Waals surface area contributed by atoms with Crippen LogP contribution in [0.2, 0.25) is 0 Å². The summed E-state index contributed by atoms with van der Waals surface area (Å²) in [6.45, 7) is 7.19. The van der Waals surface area contributed by atoms with Crippen LogP contribution in [0.1, 0.15) is 33.3 Å². The number of rotatable bonds is 6. The van der Waals surface area contributed by atoms with E-state index in [0.29, 0.717) is 0 Å². The molecule has 0 amide bonds. The Morgan fingerprint density at radius 3 is 2.00 bits per heavy atom. The van der Waals surface area contributed by atoms with Crippen LogP contribution in [0.3, 0.4) is 0 Å². The van der Waals surface area contributed by atoms with Crippen LogP contribution < -0.4 is 9.44 Å². The van der Waals surface area contributed by atoms with E-state index in [0.717, 1.165) is 12.0 Å². The van der Waals surface area contributed by atoms with Gasteiger partial charge in [0.05, 0.1) is 15.5 Å². The summed E-state index contributed by atoms with van der Waals surface area (Å²) in [6, 6.07) is 12.3. The predicted octanol–water partition coefficient (Wildman–Crippen LogP) is 3.13. The van der Waals surface area contributed by atoms with E-state index in [1.54, 1.807) is 32.9 Å². The topological polar surface area (TPSA) is 92.3 Å². The van der Waals surface area contributed by atoms with Crippen molar-refractivity contribution in [2.24, 2.45) is 0 Å². The smallest absolute Gasteiger partial charge is 0.261 e. The first-order chi connectivity index (χ1) is 11.9. The van der Waals surface area contributed by atoms with Gasteiger partial charge in [0.1, 0.15) is 0 Å². The van der Waals surface area contributed by atoms with Crippen LogP contribution in [0, 0.1) is 0 Å². The zero-order valence-corrected chi connectivity index (χ0v) is 16.9. The number of hydrogen-bond donors (Lipinski definition) is 2. The third kappa shape index (κ3) is 5.30. The lowest BCUT2D eigenvalue weighted by atomic mass is 10.1. The highest BCUT2D eigenvalue weighted by molar-refractivity contribution is 7.92. The average molecular weight is 397 g/mol. The SMILES string of the molecule is CCc1ccc(S(=O)(=O)Nc2cccc(S(=O)(=O)NC(C)(C)C)c2)cc1. The Balaban J connectivity index is 2.30. The second-order valence-corrected chi connectivity index (χ2v) is 10.4. The highest BCUT2D eigenvalue weighted by Gasteiger charge is 2.23. The lowest BCUT2D eigenvalue weighted by molar-refractivity contribution is 0.491. The number of anilines is 1. The van der Waals surface area contributed by atoms with Crippen molar-refractivity contribution in [3.8, 4) is 0 Å². The molecule has 0 aliphatic rings. The zero-order chi connectivity index (χ0) is 19.6. The van der Waals surface area contributed by atoms with Gasteiger partial charge in [-0.2, -0.15) is 0 Å². The fourth-order valence-electron chi connectivity index (χ4n) is 2.31. The van der Waals surface area contributed by atoms with Gasteiger partial charge in [-0.3, -0.25) is 4.72 Å². The van der Waals surface area contributed by atoms with Crippen molar-refractivity contribution < 1.29 is 16.8 Å². The summed E-state index contributed by atoms with van der Waals surface area (Å²) in [6.07, 6.45) is 0.814. The minimum Gasteiger partial charge on any atom is -0.280 e. The molecule has 2 aromatic rings. The Bertz CT molecular complexity index is 975. The fraction of sp³-hybridized carbons (Fsp3) is 0.333. The van der Waals surface area contributed by atoms with E-state index in [4.69, 9.17) is 0 Å². The number of sulfonamides is 2. The minimum atomic E-state index is -3.80. The van der Waals surface area contributed by atoms with E-state index in [1.807, 2.05) is 6.92 Å². The maximum Gasteiger partial charge on any atom is 0.261 e. The highest BCUT2D eigenvalue weighted by atomic mass is 32.2. The van der Waals surface area contributed by atoms with Crippen LogP contribution in [0.4, 0.5) is 5.69 Å². The molecule has 2 N–H and O–H groups in total. The third-order valence-corrected chi connectivity index (χ3v) is 6.63. The Morgan fingerprint density at radius 2 is 1.46 bits per heavy atom. The van der Waals surface area contributed by atoms with Gasteiger partial charge in [0, 0.05) is 5.54 Å². The van der Waals surface area contributed by atoms with Gasteiger partial charge in [0.15, 0.2) is 0 Å². The maximum atomic E-state index is 12.5. The van der Waals surface area contributed by atoms with Gasteiger partial charge < -0.3 is 0 Å². The Kier molecular flexibility index (Phi) is 5.79. The molecule has 0 aliphatic carbocycles. The molecule has 0 heterocycles. The second-order valence-electron chi connectivity index (χ2n) is 6.99. The molecule has 0 saturated carbocycles. The van der Waals surface area contributed by atoms with Crippen LogP contribution in [0.25, 0.3) is 0 Å². The van der Waals surface area contributed by atoms with Crippen molar-refractivity contribution in [3.05, 3.63) is 54.1 Å². The quantitative estimate of drug-likeness (QED) is 0.785. The molecule has 0 aliphatic heterocycles. The average Bonchev–Trinajstić information content (AvgIpc) is 2.52. The molecule has 0 unspecified atom stereocenters. The molecule has 8 heteroatoms. The molecule has 0 spiro atoms. The first-order valence-corrected chi connectivity index (χ1v) is 11.2. The summed E-state index contributed by atoms with van der Waals surface area (Å²) < 4.78 is 54.8. The molecule has 0 aromatic heterocycles. The molecule has 26 heavy (non-hydrogen) atoms. The van der Waals surface area contributed by atoms with Gasteiger partial charge in [-0.15, -0.1) is 0 Å². The van der Waals surface area contributed by atoms with E-state index in [9.17, 15) is 16.8 Å². The lowest BCUT2D eigenvalue weighted by Gasteiger charge is -2.20. The van der Waals surface area contributed by atoms with Gasteiger partial charge >= 0.3 is 0 Å². The number of hydrogen-bond acceptors (Lipinski definition) is 4. The normalized spacial score (nSPS) is 12.8. The molecule has 142 valence electrons. The summed E-state index contributed by atoms with van der Waals surface area (Å²) >= 11 is 0. The molecule has 0 radical (unpaired) electrons. The van der Waals surface area contributed by atoms with E-state index in [1.165, 1.54) is 36.4 Å². The molecular formula is C18H24N2O4S2. The van der Waals surface area contributed by atoms with Crippen molar-refractivity contribution in [1.29, 1.82) is 0 Å². The van der Waals surface area contributed by atoms with Crippen LogP contribution in [-0.4, -0.2) is 22.4 Å². The van der Waals surface area contributed by atoms with Gasteiger partial charge in [-0.05, 0) is 63.1 Å². The van der Waals surface area contributed by atoms with Gasteiger partial charge in [0.25, 0.3) is 10.0 Å². The minimum absolute atomic E-state index is 0.00560. The Hall–Kier alpha value is -1.90. The Morgan fingerprint density at radius 1 is 0.846 bits per heavy atom. The summed E-state index contributed by atoms with van der Waals surface area (Å²) in [5, 5.41) is 0. The van der Waals surface area contributed by atoms with Gasteiger partial charge in [0.2, 0.25) is 10.0 Å². The molecule has 6 nitrogen and oxygen atoms in total. The lowest BCUT2D eigenvalue weighted by Crippen LogP contribution is -2.40. The van der Waals surface area contributed by atoms with Crippen molar-refractivity contribution in [2.75, 3.05) is 4.72 Å². The summed E-state index contributed by atoms with van der Waals surface area (Å²) in [5.41, 5.74) is 0.571. The van der Waals surface area contributed by atoms with Gasteiger partial charge in [-0.25, -0.2) is 21.6 Å². The van der Waals surface area contributed by atoms with Crippen molar-refractivity contribution in [2.45, 2.75) is 49.4 Å². The summed E-state index contributed by atoms with van der Waals surface area (Å²) in [4.78, 5) is 0.115. The number of aryl methyl sites for hydroxylation is 1. The predicted molar refractivity (Wildman–Crippen MR) is 103 cm³/mol. The summed E-state index contributed by atoms with van der Waals surface area (Å²) in [5.74, 6) is 0. The third-order valence-electron chi connectivity index (χ3n) is 3.48. The molecule has 0 atom stereocenters. The molecule has 0 bridgehead atoms. The van der Waals surface area contributed by atoms with E-state index in [-0.39, 0.29) is 15.5 Å². The van der Waals surface area contributed by atoms with Crippen LogP contribution in [-0.2, 0) is 26.5 Å². The van der Waals surface area contributed by atoms with Crippen LogP contribution in [0.15, 0.2) is 58.3 Å². The van der Waals surface area contributed by atoms with E-state index >= 15 is 0 Å². The largest absolute Gasteiger partial charge is 0.280 e. The zero-order valence-electron chi connectivity index (χ0n) is 15.3. The van der Waals surface area contributed by atoms with Crippen LogP contribution >= 0.6 is 0 Å². The van der Waals surface area contributed by atoms with Crippen LogP contribution in [0.5, 0.6) is 0 Å². The molecule has 2 aromatic carbocycles. The maximum absolute atomic E-state index is 12.5. The molecular weight excluding hydrogens is 372 g/mol. The second kappa shape index (κ2) is 7.38.